The number of carbonyl (C=O) groups is 2. The van der Waals surface area contributed by atoms with Gasteiger partial charge in [0, 0.05) is 19.0 Å². The number of halogens is 1. The van der Waals surface area contributed by atoms with Gasteiger partial charge >= 0.3 is 12.1 Å². The summed E-state index contributed by atoms with van der Waals surface area (Å²) in [6.07, 6.45) is 0.243. The van der Waals surface area contributed by atoms with Crippen LogP contribution < -0.4 is 10.1 Å². The molecule has 2 heterocycles. The van der Waals surface area contributed by atoms with Crippen LogP contribution in [0.15, 0.2) is 18.2 Å². The quantitative estimate of drug-likeness (QED) is 0.603. The zero-order valence-electron chi connectivity index (χ0n) is 19.5. The van der Waals surface area contributed by atoms with Crippen LogP contribution in [0.25, 0.3) is 11.3 Å². The first kappa shape index (κ1) is 24.6. The Labute approximate surface area is 198 Å². The summed E-state index contributed by atoms with van der Waals surface area (Å²) in [6, 6.07) is 5.11. The highest BCUT2D eigenvalue weighted by Gasteiger charge is 2.38. The number of hydrogen-bond acceptors (Lipinski definition) is 8. The van der Waals surface area contributed by atoms with Crippen LogP contribution >= 0.6 is 11.6 Å². The molecule has 0 bridgehead atoms. The fraction of sp³-hybridized carbons (Fsp3) is 0.478. The molecular weight excluding hydrogens is 448 g/mol. The molecule has 1 aliphatic rings. The van der Waals surface area contributed by atoms with Crippen LogP contribution in [-0.2, 0) is 27.1 Å². The molecule has 0 saturated carbocycles. The Bertz CT molecular complexity index is 1030. The zero-order chi connectivity index (χ0) is 24.1. The van der Waals surface area contributed by atoms with Gasteiger partial charge in [0.25, 0.3) is 0 Å². The van der Waals surface area contributed by atoms with Gasteiger partial charge in [-0.15, -0.1) is 0 Å². The van der Waals surface area contributed by atoms with Crippen LogP contribution in [0.1, 0.15) is 32.2 Å². The molecule has 1 aromatic heterocycles. The highest BCUT2D eigenvalue weighted by molar-refractivity contribution is 6.33. The summed E-state index contributed by atoms with van der Waals surface area (Å²) in [4.78, 5) is 34.9. The van der Waals surface area contributed by atoms with Crippen molar-refractivity contribution in [3.63, 3.8) is 0 Å². The number of anilines is 1. The predicted octanol–water partition coefficient (Wildman–Crippen LogP) is 3.72. The van der Waals surface area contributed by atoms with E-state index in [0.717, 1.165) is 17.0 Å². The first-order chi connectivity index (χ1) is 15.8. The molecule has 0 aliphatic carbocycles. The summed E-state index contributed by atoms with van der Waals surface area (Å²) in [5, 5.41) is 3.89. The van der Waals surface area contributed by atoms with Crippen molar-refractivity contribution in [3.05, 3.63) is 34.6 Å². The predicted molar refractivity (Wildman–Crippen MR) is 125 cm³/mol. The summed E-state index contributed by atoms with van der Waals surface area (Å²) in [5.41, 5.74) is 3.01. The van der Waals surface area contributed by atoms with E-state index in [0.29, 0.717) is 41.7 Å². The maximum Gasteiger partial charge on any atom is 0.409 e. The molecule has 33 heavy (non-hydrogen) atoms. The van der Waals surface area contributed by atoms with Crippen molar-refractivity contribution < 1.29 is 23.8 Å². The molecule has 0 spiro atoms. The van der Waals surface area contributed by atoms with Crippen LogP contribution in [0.4, 0.5) is 10.6 Å². The van der Waals surface area contributed by atoms with Crippen LogP contribution in [0.3, 0.4) is 0 Å². The standard InChI is InChI=1S/C23H29ClN4O5/c1-6-17-21(15-9-8-14(31-4)10-16(15)24)25-18(7-2)22(26-17)27-19-11-28(23(30)32-5)12-20(19)33-13(3)29/h8-10,19-20H,6-7,11-12H2,1-5H3,(H,26,27). The van der Waals surface area contributed by atoms with Crippen LogP contribution in [0.5, 0.6) is 5.75 Å². The molecule has 2 unspecified atom stereocenters. The van der Waals surface area contributed by atoms with Gasteiger partial charge in [-0.05, 0) is 31.0 Å². The van der Waals surface area contributed by atoms with Gasteiger partial charge in [-0.25, -0.2) is 14.8 Å². The van der Waals surface area contributed by atoms with Crippen LogP contribution in [0.2, 0.25) is 5.02 Å². The summed E-state index contributed by atoms with van der Waals surface area (Å²) in [6.45, 7) is 5.87. The van der Waals surface area contributed by atoms with E-state index in [9.17, 15) is 9.59 Å². The van der Waals surface area contributed by atoms with Crippen LogP contribution in [-0.4, -0.2) is 66.4 Å². The SMILES string of the molecule is CCc1nc(-c2ccc(OC)cc2Cl)c(CC)nc1NC1CN(C(=O)OC)CC1OC(C)=O. The zero-order valence-corrected chi connectivity index (χ0v) is 20.2. The average molecular weight is 477 g/mol. The number of methoxy groups -OCH3 is 2. The number of rotatable bonds is 7. The fourth-order valence-electron chi connectivity index (χ4n) is 3.84. The Kier molecular flexibility index (Phi) is 7.97. The third kappa shape index (κ3) is 5.47. The van der Waals surface area contributed by atoms with Crippen LogP contribution in [0, 0.1) is 0 Å². The lowest BCUT2D eigenvalue weighted by Gasteiger charge is -2.22. The molecule has 2 aromatic rings. The molecule has 0 radical (unpaired) electrons. The second kappa shape index (κ2) is 10.7. The third-order valence-electron chi connectivity index (χ3n) is 5.48. The number of likely N-dealkylation sites (tertiary alicyclic amines) is 1. The van der Waals surface area contributed by atoms with Crippen molar-refractivity contribution in [1.29, 1.82) is 0 Å². The minimum absolute atomic E-state index is 0.235. The molecule has 3 rings (SSSR count). The summed E-state index contributed by atoms with van der Waals surface area (Å²) >= 11 is 6.51. The molecule has 1 aromatic carbocycles. The highest BCUT2D eigenvalue weighted by atomic mass is 35.5. The lowest BCUT2D eigenvalue weighted by atomic mass is 10.1. The molecule has 1 aliphatic heterocycles. The number of aromatic nitrogens is 2. The van der Waals surface area contributed by atoms with Crippen molar-refractivity contribution in [2.45, 2.75) is 45.8 Å². The number of carbonyl (C=O) groups excluding carboxylic acids is 2. The lowest BCUT2D eigenvalue weighted by molar-refractivity contribution is -0.145. The van der Waals surface area contributed by atoms with Gasteiger partial charge in [-0.3, -0.25) is 4.79 Å². The second-order valence-corrected chi connectivity index (χ2v) is 8.05. The third-order valence-corrected chi connectivity index (χ3v) is 5.79. The topological polar surface area (TPSA) is 103 Å². The number of nitrogens with one attached hydrogen (secondary N) is 1. The second-order valence-electron chi connectivity index (χ2n) is 7.64. The normalized spacial score (nSPS) is 17.6. The molecule has 1 fully saturated rings. The minimum atomic E-state index is -0.533. The van der Waals surface area contributed by atoms with E-state index < -0.39 is 18.2 Å². The highest BCUT2D eigenvalue weighted by Crippen LogP contribution is 2.33. The van der Waals surface area contributed by atoms with E-state index in [1.165, 1.54) is 18.9 Å². The maximum atomic E-state index is 12.0. The fourth-order valence-corrected chi connectivity index (χ4v) is 4.10. The van der Waals surface area contributed by atoms with Gasteiger partial charge < -0.3 is 24.4 Å². The molecule has 10 heteroatoms. The minimum Gasteiger partial charge on any atom is -0.497 e. The number of ether oxygens (including phenoxy) is 3. The summed E-state index contributed by atoms with van der Waals surface area (Å²) in [7, 11) is 2.91. The van der Waals surface area contributed by atoms with Crippen molar-refractivity contribution in [2.24, 2.45) is 0 Å². The molecule has 178 valence electrons. The van der Waals surface area contributed by atoms with Gasteiger partial charge in [0.05, 0.1) is 48.9 Å². The molecule has 1 amide bonds. The monoisotopic (exact) mass is 476 g/mol. The van der Waals surface area contributed by atoms with Crippen molar-refractivity contribution in [3.8, 4) is 17.0 Å². The van der Waals surface area contributed by atoms with Gasteiger partial charge in [0.15, 0.2) is 0 Å². The van der Waals surface area contributed by atoms with E-state index in [2.05, 4.69) is 5.32 Å². The molecular formula is C23H29ClN4O5. The maximum absolute atomic E-state index is 12.0. The lowest BCUT2D eigenvalue weighted by Crippen LogP contribution is -2.36. The largest absolute Gasteiger partial charge is 0.497 e. The summed E-state index contributed by atoms with van der Waals surface area (Å²) in [5.74, 6) is 0.840. The number of esters is 1. The van der Waals surface area contributed by atoms with Gasteiger partial charge in [0.2, 0.25) is 0 Å². The molecule has 1 saturated heterocycles. The first-order valence-electron chi connectivity index (χ1n) is 10.8. The van der Waals surface area contributed by atoms with Crippen molar-refractivity contribution >= 4 is 29.5 Å². The Balaban J connectivity index is 1.96. The van der Waals surface area contributed by atoms with Crippen molar-refractivity contribution in [2.75, 3.05) is 32.6 Å². The number of aryl methyl sites for hydroxylation is 2. The van der Waals surface area contributed by atoms with Gasteiger partial charge in [0.1, 0.15) is 17.7 Å². The Hall–Kier alpha value is -3.07. The molecule has 2 atom stereocenters. The van der Waals surface area contributed by atoms with Gasteiger partial charge in [-0.1, -0.05) is 25.4 Å². The van der Waals surface area contributed by atoms with Crippen molar-refractivity contribution in [1.82, 2.24) is 14.9 Å². The molecule has 1 N–H and O–H groups in total. The first-order valence-corrected chi connectivity index (χ1v) is 11.2. The van der Waals surface area contributed by atoms with E-state index in [1.54, 1.807) is 13.2 Å². The van der Waals surface area contributed by atoms with E-state index in [-0.39, 0.29) is 12.6 Å². The molecule has 9 nitrogen and oxygen atoms in total. The van der Waals surface area contributed by atoms with E-state index in [4.69, 9.17) is 35.8 Å². The smallest absolute Gasteiger partial charge is 0.409 e. The number of amides is 1. The number of benzene rings is 1. The Morgan fingerprint density at radius 3 is 2.45 bits per heavy atom. The Morgan fingerprint density at radius 2 is 1.88 bits per heavy atom. The van der Waals surface area contributed by atoms with E-state index in [1.807, 2.05) is 26.0 Å². The van der Waals surface area contributed by atoms with Gasteiger partial charge in [-0.2, -0.15) is 0 Å². The average Bonchev–Trinajstić information content (AvgIpc) is 3.19. The Morgan fingerprint density at radius 1 is 1.15 bits per heavy atom. The summed E-state index contributed by atoms with van der Waals surface area (Å²) < 4.78 is 15.5. The number of nitrogens with zero attached hydrogens (tertiary/aromatic N) is 3. The number of hydrogen-bond donors (Lipinski definition) is 1. The van der Waals surface area contributed by atoms with E-state index >= 15 is 0 Å².